The zero-order valence-electron chi connectivity index (χ0n) is 21.2. The van der Waals surface area contributed by atoms with Crippen LogP contribution in [0.5, 0.6) is 34.5 Å². The number of hydrogen-bond donors (Lipinski definition) is 1. The summed E-state index contributed by atoms with van der Waals surface area (Å²) >= 11 is 0. The summed E-state index contributed by atoms with van der Waals surface area (Å²) in [5, 5.41) is 11.5. The van der Waals surface area contributed by atoms with E-state index < -0.39 is 12.1 Å². The Morgan fingerprint density at radius 2 is 1.77 bits per heavy atom. The minimum Gasteiger partial charge on any atom is -0.504 e. The first kappa shape index (κ1) is 24.6. The molecule has 4 rings (SSSR count). The maximum atomic E-state index is 12.9. The first-order valence-electron chi connectivity index (χ1n) is 11.6. The van der Waals surface area contributed by atoms with Gasteiger partial charge in [-0.15, -0.1) is 0 Å². The summed E-state index contributed by atoms with van der Waals surface area (Å²) in [7, 11) is 4.64. The molecule has 0 bridgehead atoms. The average molecular weight is 485 g/mol. The van der Waals surface area contributed by atoms with Crippen molar-refractivity contribution in [3.8, 4) is 45.6 Å². The van der Waals surface area contributed by atoms with Crippen molar-refractivity contribution in [1.82, 2.24) is 0 Å². The van der Waals surface area contributed by atoms with Crippen molar-refractivity contribution in [1.29, 1.82) is 0 Å². The van der Waals surface area contributed by atoms with Crippen molar-refractivity contribution in [2.75, 3.05) is 28.1 Å². The lowest BCUT2D eigenvalue weighted by molar-refractivity contribution is -0.148. The first-order valence-corrected chi connectivity index (χ1v) is 11.6. The lowest BCUT2D eigenvalue weighted by atomic mass is 9.76. The highest BCUT2D eigenvalue weighted by molar-refractivity contribution is 5.90. The number of phenolic OH excluding ortho intramolecular Hbond substituents is 1. The number of benzene rings is 2. The monoisotopic (exact) mass is 484 g/mol. The maximum Gasteiger partial charge on any atom is 0.333 e. The molecule has 0 amide bonds. The number of ether oxygens (including phenoxy) is 6. The summed E-state index contributed by atoms with van der Waals surface area (Å²) in [4.78, 5) is 12.9. The van der Waals surface area contributed by atoms with E-state index in [2.05, 4.69) is 6.92 Å². The van der Waals surface area contributed by atoms with Gasteiger partial charge in [-0.3, -0.25) is 0 Å². The Morgan fingerprint density at radius 1 is 1.06 bits per heavy atom. The number of hydrogen-bond acceptors (Lipinski definition) is 8. The molecule has 0 spiro atoms. The highest BCUT2D eigenvalue weighted by atomic mass is 16.7. The molecule has 2 aliphatic rings. The third-order valence-corrected chi connectivity index (χ3v) is 7.04. The normalized spacial score (nSPS) is 20.8. The van der Waals surface area contributed by atoms with Gasteiger partial charge in [-0.25, -0.2) is 4.79 Å². The number of carbonyl (C=O) groups excluding carboxylic acids is 1. The van der Waals surface area contributed by atoms with Gasteiger partial charge in [0.15, 0.2) is 23.0 Å². The second kappa shape index (κ2) is 9.60. The zero-order valence-corrected chi connectivity index (χ0v) is 21.2. The van der Waals surface area contributed by atoms with Crippen molar-refractivity contribution in [2.24, 2.45) is 11.8 Å². The lowest BCUT2D eigenvalue weighted by Gasteiger charge is -2.35. The summed E-state index contributed by atoms with van der Waals surface area (Å²) in [5.74, 6) is 1.46. The number of aromatic hydroxyl groups is 1. The summed E-state index contributed by atoms with van der Waals surface area (Å²) in [5.41, 5.74) is 3.11. The molecular weight excluding hydrogens is 452 g/mol. The van der Waals surface area contributed by atoms with Gasteiger partial charge in [0.05, 0.1) is 21.3 Å². The van der Waals surface area contributed by atoms with E-state index in [1.165, 1.54) is 7.11 Å². The third-order valence-electron chi connectivity index (χ3n) is 7.04. The molecule has 0 aromatic heterocycles. The number of phenols is 1. The van der Waals surface area contributed by atoms with Crippen LogP contribution in [-0.4, -0.2) is 39.2 Å². The van der Waals surface area contributed by atoms with Gasteiger partial charge in [-0.2, -0.15) is 0 Å². The van der Waals surface area contributed by atoms with Crippen LogP contribution in [0, 0.1) is 11.8 Å². The molecule has 0 saturated heterocycles. The van der Waals surface area contributed by atoms with Crippen LogP contribution in [0.2, 0.25) is 0 Å². The van der Waals surface area contributed by atoms with Crippen LogP contribution in [0.25, 0.3) is 11.1 Å². The summed E-state index contributed by atoms with van der Waals surface area (Å²) < 4.78 is 34.4. The van der Waals surface area contributed by atoms with Crippen molar-refractivity contribution < 1.29 is 38.3 Å². The predicted octanol–water partition coefficient (Wildman–Crippen LogP) is 5.19. The van der Waals surface area contributed by atoms with Gasteiger partial charge in [-0.1, -0.05) is 19.9 Å². The van der Waals surface area contributed by atoms with Crippen molar-refractivity contribution in [3.63, 3.8) is 0 Å². The molecule has 1 N–H and O–H groups in total. The fraction of sp³-hybridized carbons (Fsp3) is 0.444. The molecule has 2 aromatic rings. The standard InChI is InChI=1S/C27H32O8/c1-8-13(2)27(29)35-23-15(4)14(3)9-16-10-18(30-5)25(31-6)26(32-7)20(16)21-17(23)11-19-24(22(21)28)34-12-33-19/h8,10-11,14-15,23,28H,9,12H2,1-7H3/t14-,15-,23+/m1/s1. The highest BCUT2D eigenvalue weighted by Gasteiger charge is 2.39. The molecule has 0 unspecified atom stereocenters. The number of allylic oxidation sites excluding steroid dienone is 1. The molecule has 35 heavy (non-hydrogen) atoms. The molecule has 3 atom stereocenters. The van der Waals surface area contributed by atoms with Crippen LogP contribution in [0.1, 0.15) is 44.9 Å². The largest absolute Gasteiger partial charge is 0.504 e. The second-order valence-electron chi connectivity index (χ2n) is 8.94. The van der Waals surface area contributed by atoms with Crippen molar-refractivity contribution in [2.45, 2.75) is 40.2 Å². The van der Waals surface area contributed by atoms with Gasteiger partial charge < -0.3 is 33.5 Å². The molecule has 8 nitrogen and oxygen atoms in total. The number of fused-ring (bicyclic) bond motifs is 4. The Balaban J connectivity index is 2.09. The van der Waals surface area contributed by atoms with Gasteiger partial charge in [-0.05, 0) is 43.9 Å². The Labute approximate surface area is 205 Å². The van der Waals surface area contributed by atoms with E-state index >= 15 is 0 Å². The van der Waals surface area contributed by atoms with Crippen molar-refractivity contribution >= 4 is 5.97 Å². The van der Waals surface area contributed by atoms with E-state index in [0.717, 1.165) is 5.56 Å². The van der Waals surface area contributed by atoms with Crippen LogP contribution >= 0.6 is 0 Å². The van der Waals surface area contributed by atoms with Crippen LogP contribution in [0.4, 0.5) is 0 Å². The summed E-state index contributed by atoms with van der Waals surface area (Å²) in [6.07, 6.45) is 1.68. The SMILES string of the molecule is CC=C(C)C(=O)O[C@@H]1c2cc3c(c(O)c2-c2c(cc(OC)c(OC)c2OC)C[C@@H](C)[C@H]1C)OCO3. The van der Waals surface area contributed by atoms with E-state index in [1.807, 2.05) is 13.0 Å². The Morgan fingerprint density at radius 3 is 2.40 bits per heavy atom. The van der Waals surface area contributed by atoms with Gasteiger partial charge in [0.25, 0.3) is 0 Å². The maximum absolute atomic E-state index is 12.9. The molecule has 1 aliphatic heterocycles. The smallest absolute Gasteiger partial charge is 0.333 e. The van der Waals surface area contributed by atoms with Gasteiger partial charge in [0.1, 0.15) is 6.10 Å². The number of esters is 1. The molecule has 0 saturated carbocycles. The summed E-state index contributed by atoms with van der Waals surface area (Å²) in [6, 6.07) is 3.69. The van der Waals surface area contributed by atoms with Gasteiger partial charge in [0, 0.05) is 28.2 Å². The minimum absolute atomic E-state index is 0.0181. The first-order chi connectivity index (χ1) is 16.8. The molecule has 8 heteroatoms. The van der Waals surface area contributed by atoms with Crippen LogP contribution < -0.4 is 23.7 Å². The highest BCUT2D eigenvalue weighted by Crippen LogP contribution is 2.58. The molecule has 2 aromatic carbocycles. The molecule has 0 fully saturated rings. The second-order valence-corrected chi connectivity index (χ2v) is 8.94. The Hall–Kier alpha value is -3.55. The molecule has 0 radical (unpaired) electrons. The van der Waals surface area contributed by atoms with Crippen molar-refractivity contribution in [3.05, 3.63) is 34.9 Å². The third kappa shape index (κ3) is 4.00. The average Bonchev–Trinajstić information content (AvgIpc) is 3.34. The van der Waals surface area contributed by atoms with Crippen LogP contribution in [-0.2, 0) is 16.0 Å². The van der Waals surface area contributed by atoms with Gasteiger partial charge >= 0.3 is 5.97 Å². The van der Waals surface area contributed by atoms with E-state index in [9.17, 15) is 9.90 Å². The summed E-state index contributed by atoms with van der Waals surface area (Å²) in [6.45, 7) is 7.64. The Bertz CT molecular complexity index is 1180. The van der Waals surface area contributed by atoms with Crippen LogP contribution in [0.15, 0.2) is 23.8 Å². The molecule has 1 aliphatic carbocycles. The van der Waals surface area contributed by atoms with E-state index in [4.69, 9.17) is 28.4 Å². The van der Waals surface area contributed by atoms with Crippen LogP contribution in [0.3, 0.4) is 0 Å². The number of carbonyl (C=O) groups is 1. The quantitative estimate of drug-likeness (QED) is 0.458. The lowest BCUT2D eigenvalue weighted by Crippen LogP contribution is -2.26. The van der Waals surface area contributed by atoms with E-state index in [1.54, 1.807) is 40.2 Å². The molecule has 188 valence electrons. The Kier molecular flexibility index (Phi) is 6.74. The minimum atomic E-state index is -0.659. The fourth-order valence-corrected chi connectivity index (χ4v) is 4.78. The topological polar surface area (TPSA) is 92.7 Å². The fourth-order valence-electron chi connectivity index (χ4n) is 4.78. The predicted molar refractivity (Wildman–Crippen MR) is 130 cm³/mol. The number of rotatable bonds is 5. The molecule has 1 heterocycles. The molecular formula is C27H32O8. The van der Waals surface area contributed by atoms with Gasteiger partial charge in [0.2, 0.25) is 18.3 Å². The number of methoxy groups -OCH3 is 3. The van der Waals surface area contributed by atoms with E-state index in [0.29, 0.717) is 51.7 Å². The van der Waals surface area contributed by atoms with E-state index in [-0.39, 0.29) is 30.1 Å². The zero-order chi connectivity index (χ0) is 25.4.